The van der Waals surface area contributed by atoms with Crippen LogP contribution in [0.5, 0.6) is 0 Å². The van der Waals surface area contributed by atoms with Crippen LogP contribution in [0.4, 0.5) is 8.78 Å². The van der Waals surface area contributed by atoms with E-state index >= 15 is 0 Å². The van der Waals surface area contributed by atoms with E-state index in [0.29, 0.717) is 10.4 Å². The molecular formula is C16H12F2OS. The summed E-state index contributed by atoms with van der Waals surface area (Å²) in [6, 6.07) is 11.7. The van der Waals surface area contributed by atoms with E-state index in [0.717, 1.165) is 16.2 Å². The molecule has 1 N–H and O–H groups in total. The molecule has 0 fully saturated rings. The summed E-state index contributed by atoms with van der Waals surface area (Å²) in [5, 5.41) is 11.3. The van der Waals surface area contributed by atoms with E-state index in [1.54, 1.807) is 6.92 Å². The van der Waals surface area contributed by atoms with E-state index in [1.807, 2.05) is 30.3 Å². The largest absolute Gasteiger partial charge is 0.383 e. The third-order valence-electron chi connectivity index (χ3n) is 3.29. The molecule has 0 bridgehead atoms. The lowest BCUT2D eigenvalue weighted by Gasteiger charge is -2.11. The molecule has 2 aromatic carbocycles. The molecule has 20 heavy (non-hydrogen) atoms. The zero-order chi connectivity index (χ0) is 14.3. The van der Waals surface area contributed by atoms with Gasteiger partial charge in [-0.15, -0.1) is 11.3 Å². The summed E-state index contributed by atoms with van der Waals surface area (Å²) in [4.78, 5) is 0.649. The van der Waals surface area contributed by atoms with E-state index in [1.165, 1.54) is 17.4 Å². The fourth-order valence-electron chi connectivity index (χ4n) is 2.18. The third kappa shape index (κ3) is 2.21. The molecule has 0 amide bonds. The number of rotatable bonds is 2. The van der Waals surface area contributed by atoms with Crippen molar-refractivity contribution in [1.82, 2.24) is 0 Å². The van der Waals surface area contributed by atoms with Crippen LogP contribution in [-0.2, 0) is 0 Å². The van der Waals surface area contributed by atoms with E-state index < -0.39 is 17.7 Å². The van der Waals surface area contributed by atoms with Crippen molar-refractivity contribution in [1.29, 1.82) is 0 Å². The van der Waals surface area contributed by atoms with Gasteiger partial charge in [0, 0.05) is 21.2 Å². The quantitative estimate of drug-likeness (QED) is 0.733. The first-order valence-corrected chi connectivity index (χ1v) is 7.00. The molecule has 0 aliphatic rings. The topological polar surface area (TPSA) is 20.2 Å². The molecule has 3 aromatic rings. The van der Waals surface area contributed by atoms with E-state index in [2.05, 4.69) is 0 Å². The number of aryl methyl sites for hydroxylation is 1. The smallest absolute Gasteiger partial charge is 0.132 e. The fraction of sp³-hybridized carbons (Fsp3) is 0.125. The minimum absolute atomic E-state index is 0.107. The number of hydrogen-bond donors (Lipinski definition) is 1. The van der Waals surface area contributed by atoms with Crippen molar-refractivity contribution in [2.75, 3.05) is 0 Å². The van der Waals surface area contributed by atoms with Gasteiger partial charge >= 0.3 is 0 Å². The maximum atomic E-state index is 13.8. The van der Waals surface area contributed by atoms with Gasteiger partial charge < -0.3 is 5.11 Å². The van der Waals surface area contributed by atoms with Crippen molar-refractivity contribution in [3.63, 3.8) is 0 Å². The van der Waals surface area contributed by atoms with Crippen molar-refractivity contribution < 1.29 is 13.9 Å². The zero-order valence-electron chi connectivity index (χ0n) is 10.7. The molecule has 102 valence electrons. The summed E-state index contributed by atoms with van der Waals surface area (Å²) in [5.74, 6) is -1.33. The van der Waals surface area contributed by atoms with Crippen LogP contribution < -0.4 is 0 Å². The summed E-state index contributed by atoms with van der Waals surface area (Å²) >= 11 is 1.41. The lowest BCUT2D eigenvalue weighted by molar-refractivity contribution is 0.218. The van der Waals surface area contributed by atoms with Crippen molar-refractivity contribution >= 4 is 21.4 Å². The highest BCUT2D eigenvalue weighted by molar-refractivity contribution is 7.19. The van der Waals surface area contributed by atoms with Crippen molar-refractivity contribution in [3.8, 4) is 0 Å². The first kappa shape index (κ1) is 13.2. The van der Waals surface area contributed by atoms with E-state index in [9.17, 15) is 13.9 Å². The highest BCUT2D eigenvalue weighted by atomic mass is 32.1. The van der Waals surface area contributed by atoms with Crippen molar-refractivity contribution in [3.05, 3.63) is 70.1 Å². The Bertz CT molecular complexity index is 746. The van der Waals surface area contributed by atoms with Gasteiger partial charge in [0.05, 0.1) is 0 Å². The average Bonchev–Trinajstić information content (AvgIpc) is 2.86. The minimum Gasteiger partial charge on any atom is -0.383 e. The highest BCUT2D eigenvalue weighted by Crippen LogP contribution is 2.34. The molecule has 0 saturated heterocycles. The van der Waals surface area contributed by atoms with Crippen LogP contribution in [0.2, 0.25) is 0 Å². The molecule has 0 radical (unpaired) electrons. The van der Waals surface area contributed by atoms with Gasteiger partial charge in [-0.05, 0) is 36.1 Å². The molecule has 1 atom stereocenters. The molecule has 4 heteroatoms. The lowest BCUT2D eigenvalue weighted by Crippen LogP contribution is -2.02. The summed E-state index contributed by atoms with van der Waals surface area (Å²) in [5.41, 5.74) is 0.428. The number of aliphatic hydroxyl groups excluding tert-OH is 1. The van der Waals surface area contributed by atoms with Gasteiger partial charge in [-0.3, -0.25) is 0 Å². The Morgan fingerprint density at radius 1 is 1.05 bits per heavy atom. The maximum absolute atomic E-state index is 13.8. The Morgan fingerprint density at radius 3 is 2.55 bits per heavy atom. The van der Waals surface area contributed by atoms with Crippen molar-refractivity contribution in [2.24, 2.45) is 0 Å². The molecule has 0 spiro atoms. The van der Waals surface area contributed by atoms with Crippen LogP contribution in [0.1, 0.15) is 22.1 Å². The molecule has 1 nitrogen and oxygen atoms in total. The van der Waals surface area contributed by atoms with Crippen LogP contribution in [-0.4, -0.2) is 5.11 Å². The average molecular weight is 290 g/mol. The molecule has 1 heterocycles. The Morgan fingerprint density at radius 2 is 1.80 bits per heavy atom. The van der Waals surface area contributed by atoms with Gasteiger partial charge in [0.2, 0.25) is 0 Å². The molecule has 0 aliphatic heterocycles. The van der Waals surface area contributed by atoms with Crippen LogP contribution in [0, 0.1) is 18.6 Å². The second-order valence-electron chi connectivity index (χ2n) is 4.71. The number of aliphatic hydroxyl groups is 1. The molecular weight excluding hydrogens is 278 g/mol. The van der Waals surface area contributed by atoms with Crippen LogP contribution in [0.25, 0.3) is 10.1 Å². The standard InChI is InChI=1S/C16H12F2OS/c1-9-6-11(13(18)8-12(9)17)16(19)15-7-10-4-2-3-5-14(10)20-15/h2-8,16,19H,1H3. The molecule has 0 saturated carbocycles. The van der Waals surface area contributed by atoms with Crippen LogP contribution in [0.3, 0.4) is 0 Å². The second-order valence-corrected chi connectivity index (χ2v) is 5.83. The number of thiophene rings is 1. The van der Waals surface area contributed by atoms with Gasteiger partial charge in [0.15, 0.2) is 0 Å². The first-order chi connectivity index (χ1) is 9.56. The summed E-state index contributed by atoms with van der Waals surface area (Å²) in [6.45, 7) is 1.55. The van der Waals surface area contributed by atoms with E-state index in [-0.39, 0.29) is 5.56 Å². The summed E-state index contributed by atoms with van der Waals surface area (Å²) in [6.07, 6.45) is -1.08. The van der Waals surface area contributed by atoms with Gasteiger partial charge in [-0.1, -0.05) is 18.2 Å². The van der Waals surface area contributed by atoms with Gasteiger partial charge in [0.25, 0.3) is 0 Å². The lowest BCUT2D eigenvalue weighted by atomic mass is 10.0. The second kappa shape index (κ2) is 4.96. The predicted octanol–water partition coefficient (Wildman–Crippen LogP) is 4.57. The molecule has 3 rings (SSSR count). The molecule has 0 aliphatic carbocycles. The number of fused-ring (bicyclic) bond motifs is 1. The van der Waals surface area contributed by atoms with E-state index in [4.69, 9.17) is 0 Å². The molecule has 1 aromatic heterocycles. The van der Waals surface area contributed by atoms with Gasteiger partial charge in [0.1, 0.15) is 17.7 Å². The Balaban J connectivity index is 2.07. The number of halogens is 2. The Labute approximate surface area is 119 Å². The van der Waals surface area contributed by atoms with Gasteiger partial charge in [-0.2, -0.15) is 0 Å². The fourth-order valence-corrected chi connectivity index (χ4v) is 3.25. The first-order valence-electron chi connectivity index (χ1n) is 6.18. The summed E-state index contributed by atoms with van der Waals surface area (Å²) < 4.78 is 28.1. The van der Waals surface area contributed by atoms with Crippen molar-refractivity contribution in [2.45, 2.75) is 13.0 Å². The predicted molar refractivity (Wildman–Crippen MR) is 77.0 cm³/mol. The Hall–Kier alpha value is -1.78. The zero-order valence-corrected chi connectivity index (χ0v) is 11.5. The molecule has 1 unspecified atom stereocenters. The monoisotopic (exact) mass is 290 g/mol. The normalized spacial score (nSPS) is 12.8. The minimum atomic E-state index is -1.08. The van der Waals surface area contributed by atoms with Crippen LogP contribution in [0.15, 0.2) is 42.5 Å². The summed E-state index contributed by atoms with van der Waals surface area (Å²) in [7, 11) is 0. The number of hydrogen-bond acceptors (Lipinski definition) is 2. The third-order valence-corrected chi connectivity index (χ3v) is 4.46. The Kier molecular flexibility index (Phi) is 3.28. The number of benzene rings is 2. The van der Waals surface area contributed by atoms with Gasteiger partial charge in [-0.25, -0.2) is 8.78 Å². The highest BCUT2D eigenvalue weighted by Gasteiger charge is 2.19. The van der Waals surface area contributed by atoms with Crippen LogP contribution >= 0.6 is 11.3 Å². The SMILES string of the molecule is Cc1cc(C(O)c2cc3ccccc3s2)c(F)cc1F. The maximum Gasteiger partial charge on any atom is 0.132 e.